The topological polar surface area (TPSA) is 130 Å². The van der Waals surface area contributed by atoms with Gasteiger partial charge in [-0.25, -0.2) is 4.79 Å². The molecule has 7 nitrogen and oxygen atoms in total. The Hall–Kier alpha value is -0.540. The largest absolute Gasteiger partial charge is 0.398 e. The molecule has 0 saturated heterocycles. The molecule has 0 aliphatic heterocycles. The lowest BCUT2D eigenvalue weighted by atomic mass is 10.5. The van der Waals surface area contributed by atoms with Crippen molar-refractivity contribution in [3.05, 3.63) is 0 Å². The minimum Gasteiger partial charge on any atom is -0.345 e. The molecule has 10 heavy (non-hydrogen) atoms. The number of carbonyl (C=O) groups excluding carboxylic acids is 1. The zero-order valence-electron chi connectivity index (χ0n) is 4.55. The van der Waals surface area contributed by atoms with E-state index in [-0.39, 0.29) is 0 Å². The van der Waals surface area contributed by atoms with E-state index in [9.17, 15) is 9.00 Å². The maximum Gasteiger partial charge on any atom is 0.398 e. The van der Waals surface area contributed by atoms with Crippen LogP contribution in [0.3, 0.4) is 0 Å². The summed E-state index contributed by atoms with van der Waals surface area (Å²) in [7, 11) is 0. The Balaban J connectivity index is 3.99. The molecule has 60 valence electrons. The molecule has 5 N–H and O–H groups in total. The Bertz CT molecular complexity index is 160. The van der Waals surface area contributed by atoms with Gasteiger partial charge in [-0.1, -0.05) is 0 Å². The van der Waals surface area contributed by atoms with Crippen molar-refractivity contribution in [3.63, 3.8) is 0 Å². The highest BCUT2D eigenvalue weighted by atomic mass is 32.2. The van der Waals surface area contributed by atoms with Crippen LogP contribution in [0.1, 0.15) is 0 Å². The van der Waals surface area contributed by atoms with Crippen molar-refractivity contribution in [3.8, 4) is 0 Å². The van der Waals surface area contributed by atoms with Crippen molar-refractivity contribution in [2.75, 3.05) is 0 Å². The average Bonchev–Trinajstić information content (AvgIpc) is 1.60. The van der Waals surface area contributed by atoms with E-state index in [1.165, 1.54) is 0 Å². The lowest BCUT2D eigenvalue weighted by Gasteiger charge is -2.10. The molecule has 0 aliphatic rings. The number of aliphatic hydroxyl groups is 2. The highest BCUT2D eigenvalue weighted by Crippen LogP contribution is 1.93. The van der Waals surface area contributed by atoms with Gasteiger partial charge in [0.15, 0.2) is 0 Å². The van der Waals surface area contributed by atoms with Gasteiger partial charge < -0.3 is 14.4 Å². The summed E-state index contributed by atoms with van der Waals surface area (Å²) in [4.78, 5) is 10.1. The maximum absolute atomic E-state index is 10.1. The van der Waals surface area contributed by atoms with E-state index in [0.29, 0.717) is 0 Å². The maximum atomic E-state index is 10.1. The van der Waals surface area contributed by atoms with Crippen LogP contribution in [0.4, 0.5) is 0 Å². The molecule has 0 radical (unpaired) electrons. The first kappa shape index (κ1) is 9.46. The molecule has 0 heterocycles. The molecule has 0 aromatic heterocycles. The zero-order valence-corrected chi connectivity index (χ0v) is 5.37. The summed E-state index contributed by atoms with van der Waals surface area (Å²) < 4.78 is 20.9. The summed E-state index contributed by atoms with van der Waals surface area (Å²) >= 11 is -2.89. The normalized spacial score (nSPS) is 14.4. The lowest BCUT2D eigenvalue weighted by molar-refractivity contribution is -0.197. The molecule has 0 fully saturated rings. The van der Waals surface area contributed by atoms with Crippen molar-refractivity contribution < 1.29 is 28.0 Å². The molecule has 1 atom stereocenters. The molecular formula is C2H5NO6S. The van der Waals surface area contributed by atoms with Crippen LogP contribution in [0.2, 0.25) is 0 Å². The minimum atomic E-state index is -3.22. The molecule has 0 amide bonds. The summed E-state index contributed by atoms with van der Waals surface area (Å²) in [5.74, 6) is -5.02. The molecular weight excluding hydrogens is 166 g/mol. The summed E-state index contributed by atoms with van der Waals surface area (Å²) in [6.45, 7) is 0. The molecule has 0 bridgehead atoms. The zero-order chi connectivity index (χ0) is 8.36. The van der Waals surface area contributed by atoms with Gasteiger partial charge in [-0.2, -0.15) is 4.21 Å². The third-order valence-corrected chi connectivity index (χ3v) is 0.741. The fourth-order valence-corrected chi connectivity index (χ4v) is 0.378. The Morgan fingerprint density at radius 3 is 2.10 bits per heavy atom. The molecule has 0 saturated carbocycles. The smallest absolute Gasteiger partial charge is 0.345 e. The predicted octanol–water partition coefficient (Wildman–Crippen LogP) is -2.74. The molecule has 8 heteroatoms. The van der Waals surface area contributed by atoms with Crippen molar-refractivity contribution in [2.24, 2.45) is 5.73 Å². The summed E-state index contributed by atoms with van der Waals surface area (Å²) in [5, 5.41) is 16.3. The predicted molar refractivity (Wildman–Crippen MR) is 28.2 cm³/mol. The van der Waals surface area contributed by atoms with E-state index in [1.807, 2.05) is 0 Å². The van der Waals surface area contributed by atoms with Crippen molar-refractivity contribution in [1.29, 1.82) is 0 Å². The molecule has 0 aromatic carbocycles. The average molecular weight is 171 g/mol. The Kier molecular flexibility index (Phi) is 2.87. The summed E-state index contributed by atoms with van der Waals surface area (Å²) in [6.07, 6.45) is 0. The van der Waals surface area contributed by atoms with Gasteiger partial charge in [0.2, 0.25) is 0 Å². The van der Waals surface area contributed by atoms with E-state index < -0.39 is 23.2 Å². The van der Waals surface area contributed by atoms with E-state index in [1.54, 1.807) is 0 Å². The fourth-order valence-electron chi connectivity index (χ4n) is 0.126. The van der Waals surface area contributed by atoms with Crippen LogP contribution in [0.15, 0.2) is 0 Å². The minimum absolute atomic E-state index is 1.80. The quantitative estimate of drug-likeness (QED) is 0.262. The first-order valence-corrected chi connectivity index (χ1v) is 2.94. The van der Waals surface area contributed by atoms with Gasteiger partial charge in [-0.3, -0.25) is 10.3 Å². The van der Waals surface area contributed by atoms with Crippen molar-refractivity contribution in [2.45, 2.75) is 5.91 Å². The molecule has 0 rings (SSSR count). The van der Waals surface area contributed by atoms with Crippen molar-refractivity contribution >= 4 is 17.3 Å². The van der Waals surface area contributed by atoms with E-state index in [0.717, 1.165) is 0 Å². The molecule has 0 aromatic rings. The molecule has 0 spiro atoms. The van der Waals surface area contributed by atoms with Crippen LogP contribution in [-0.4, -0.2) is 30.9 Å². The summed E-state index contributed by atoms with van der Waals surface area (Å²) in [5.41, 5.74) is 4.32. The van der Waals surface area contributed by atoms with E-state index >= 15 is 0 Å². The second-order valence-electron chi connectivity index (χ2n) is 1.31. The third kappa shape index (κ3) is 3.48. The number of hydrogen-bond acceptors (Lipinski definition) is 6. The lowest BCUT2D eigenvalue weighted by Crippen LogP contribution is -2.48. The highest BCUT2D eigenvalue weighted by molar-refractivity contribution is 7.74. The highest BCUT2D eigenvalue weighted by Gasteiger charge is 2.31. The van der Waals surface area contributed by atoms with Gasteiger partial charge in [0, 0.05) is 0 Å². The van der Waals surface area contributed by atoms with Gasteiger partial charge in [-0.15, -0.1) is 0 Å². The van der Waals surface area contributed by atoms with Crippen LogP contribution in [0.25, 0.3) is 0 Å². The van der Waals surface area contributed by atoms with Gasteiger partial charge in [0.05, 0.1) is 0 Å². The Morgan fingerprint density at radius 1 is 1.60 bits per heavy atom. The van der Waals surface area contributed by atoms with Crippen LogP contribution in [-0.2, 0) is 20.3 Å². The van der Waals surface area contributed by atoms with Gasteiger partial charge >= 0.3 is 23.2 Å². The van der Waals surface area contributed by atoms with Crippen LogP contribution >= 0.6 is 0 Å². The van der Waals surface area contributed by atoms with E-state index in [2.05, 4.69) is 9.92 Å². The standard InChI is InChI=1S/C2H5NO6S/c3-2(5,6)1(4)9-10(7)8/h5-6H,3H2,(H,7,8). The SMILES string of the molecule is NC(O)(O)C(=O)OS(=O)O. The summed E-state index contributed by atoms with van der Waals surface area (Å²) in [6, 6.07) is 0. The van der Waals surface area contributed by atoms with Gasteiger partial charge in [-0.05, 0) is 0 Å². The van der Waals surface area contributed by atoms with Crippen LogP contribution < -0.4 is 5.73 Å². The number of nitrogens with two attached hydrogens (primary N) is 1. The molecule has 1 unspecified atom stereocenters. The molecule has 0 aliphatic carbocycles. The van der Waals surface area contributed by atoms with Crippen LogP contribution in [0.5, 0.6) is 0 Å². The monoisotopic (exact) mass is 171 g/mol. The third-order valence-electron chi connectivity index (χ3n) is 0.447. The van der Waals surface area contributed by atoms with Gasteiger partial charge in [0.25, 0.3) is 0 Å². The number of rotatable bonds is 2. The van der Waals surface area contributed by atoms with Crippen LogP contribution in [0, 0.1) is 0 Å². The van der Waals surface area contributed by atoms with Crippen molar-refractivity contribution in [1.82, 2.24) is 0 Å². The first-order valence-electron chi connectivity index (χ1n) is 1.91. The number of carbonyl (C=O) groups is 1. The Morgan fingerprint density at radius 2 is 2.00 bits per heavy atom. The first-order chi connectivity index (χ1) is 4.34. The van der Waals surface area contributed by atoms with Gasteiger partial charge in [0.1, 0.15) is 0 Å². The Labute approximate surface area is 57.9 Å². The second kappa shape index (κ2) is 3.03. The number of hydrogen-bond donors (Lipinski definition) is 4. The second-order valence-corrected chi connectivity index (χ2v) is 1.91. The fraction of sp³-hybridized carbons (Fsp3) is 0.500. The van der Waals surface area contributed by atoms with E-state index in [4.69, 9.17) is 14.8 Å².